The second-order valence-electron chi connectivity index (χ2n) is 6.34. The van der Waals surface area contributed by atoms with E-state index in [1.807, 2.05) is 42.8 Å². The Balaban J connectivity index is 1.66. The molecule has 0 unspecified atom stereocenters. The summed E-state index contributed by atoms with van der Waals surface area (Å²) in [5.74, 6) is 1.65. The second kappa shape index (κ2) is 7.91. The Bertz CT molecular complexity index is 723. The van der Waals surface area contributed by atoms with Gasteiger partial charge in [-0.2, -0.15) is 0 Å². The van der Waals surface area contributed by atoms with Crippen LogP contribution < -0.4 is 10.1 Å². The van der Waals surface area contributed by atoms with Crippen LogP contribution in [0.25, 0.3) is 11.4 Å². The van der Waals surface area contributed by atoms with Crippen LogP contribution >= 0.6 is 11.8 Å². The topological polar surface area (TPSA) is 69.0 Å². The first-order valence-corrected chi connectivity index (χ1v) is 9.47. The minimum atomic E-state index is -0.202. The summed E-state index contributed by atoms with van der Waals surface area (Å²) in [7, 11) is 3.56. The first-order chi connectivity index (χ1) is 12.1. The Labute approximate surface area is 152 Å². The van der Waals surface area contributed by atoms with Crippen LogP contribution in [0.3, 0.4) is 0 Å². The van der Waals surface area contributed by atoms with Gasteiger partial charge in [-0.15, -0.1) is 10.2 Å². The Kier molecular flexibility index (Phi) is 5.63. The number of nitrogens with one attached hydrogen (secondary N) is 1. The molecule has 1 saturated carbocycles. The molecule has 2 aromatic rings. The van der Waals surface area contributed by atoms with Gasteiger partial charge >= 0.3 is 0 Å². The Morgan fingerprint density at radius 1 is 1.28 bits per heavy atom. The highest BCUT2D eigenvalue weighted by Crippen LogP contribution is 2.27. The number of amides is 1. The number of ether oxygens (including phenoxy) is 1. The Morgan fingerprint density at radius 3 is 2.60 bits per heavy atom. The molecule has 25 heavy (non-hydrogen) atoms. The minimum Gasteiger partial charge on any atom is -0.497 e. The van der Waals surface area contributed by atoms with Crippen LogP contribution in [0.1, 0.15) is 32.6 Å². The molecule has 0 spiro atoms. The summed E-state index contributed by atoms with van der Waals surface area (Å²) in [5.41, 5.74) is 0.964. The van der Waals surface area contributed by atoms with Gasteiger partial charge in [-0.25, -0.2) is 0 Å². The van der Waals surface area contributed by atoms with Gasteiger partial charge in [0, 0.05) is 18.7 Å². The maximum atomic E-state index is 12.4. The van der Waals surface area contributed by atoms with E-state index in [1.165, 1.54) is 24.6 Å². The fourth-order valence-corrected chi connectivity index (χ4v) is 3.83. The summed E-state index contributed by atoms with van der Waals surface area (Å²) in [4.78, 5) is 12.4. The normalized spacial score (nSPS) is 16.0. The average molecular weight is 360 g/mol. The van der Waals surface area contributed by atoms with E-state index in [2.05, 4.69) is 15.5 Å². The van der Waals surface area contributed by atoms with Crippen molar-refractivity contribution in [1.82, 2.24) is 20.1 Å². The van der Waals surface area contributed by atoms with Gasteiger partial charge in [0.15, 0.2) is 11.0 Å². The van der Waals surface area contributed by atoms with Gasteiger partial charge in [0.2, 0.25) is 5.91 Å². The fraction of sp³-hybridized carbons (Fsp3) is 0.500. The molecular formula is C18H24N4O2S. The minimum absolute atomic E-state index is 0.0749. The molecule has 1 heterocycles. The smallest absolute Gasteiger partial charge is 0.233 e. The van der Waals surface area contributed by atoms with Crippen molar-refractivity contribution < 1.29 is 9.53 Å². The van der Waals surface area contributed by atoms with Crippen molar-refractivity contribution in [3.8, 4) is 17.1 Å². The zero-order valence-electron chi connectivity index (χ0n) is 14.9. The summed E-state index contributed by atoms with van der Waals surface area (Å²) in [6, 6.07) is 8.04. The van der Waals surface area contributed by atoms with Crippen LogP contribution in [-0.4, -0.2) is 39.1 Å². The summed E-state index contributed by atoms with van der Waals surface area (Å²) in [6.45, 7) is 1.91. The highest BCUT2D eigenvalue weighted by atomic mass is 32.2. The molecule has 1 fully saturated rings. The molecule has 1 aliphatic carbocycles. The molecule has 0 bridgehead atoms. The van der Waals surface area contributed by atoms with E-state index in [1.54, 1.807) is 7.11 Å². The van der Waals surface area contributed by atoms with Crippen molar-refractivity contribution in [1.29, 1.82) is 0 Å². The zero-order chi connectivity index (χ0) is 17.8. The monoisotopic (exact) mass is 360 g/mol. The van der Waals surface area contributed by atoms with Gasteiger partial charge in [0.05, 0.1) is 12.4 Å². The van der Waals surface area contributed by atoms with Crippen LogP contribution in [0, 0.1) is 0 Å². The van der Waals surface area contributed by atoms with E-state index in [4.69, 9.17) is 4.74 Å². The predicted molar refractivity (Wildman–Crippen MR) is 98.7 cm³/mol. The van der Waals surface area contributed by atoms with Crippen molar-refractivity contribution in [2.45, 2.75) is 49.1 Å². The Hall–Kier alpha value is -2.02. The first kappa shape index (κ1) is 17.8. The maximum absolute atomic E-state index is 12.4. The lowest BCUT2D eigenvalue weighted by Crippen LogP contribution is -2.37. The van der Waals surface area contributed by atoms with E-state index in [0.29, 0.717) is 6.04 Å². The third-order valence-corrected chi connectivity index (χ3v) is 5.67. The quantitative estimate of drug-likeness (QED) is 0.802. The second-order valence-corrected chi connectivity index (χ2v) is 7.65. The van der Waals surface area contributed by atoms with Crippen molar-refractivity contribution in [3.05, 3.63) is 24.3 Å². The molecule has 0 radical (unpaired) electrons. The molecule has 3 rings (SSSR count). The number of rotatable bonds is 6. The highest BCUT2D eigenvalue weighted by molar-refractivity contribution is 8.00. The van der Waals surface area contributed by atoms with E-state index in [9.17, 15) is 4.79 Å². The lowest BCUT2D eigenvalue weighted by Gasteiger charge is -2.16. The largest absolute Gasteiger partial charge is 0.497 e. The molecule has 0 aliphatic heterocycles. The molecule has 7 heteroatoms. The van der Waals surface area contributed by atoms with Gasteiger partial charge in [0.1, 0.15) is 5.75 Å². The number of hydrogen-bond acceptors (Lipinski definition) is 5. The van der Waals surface area contributed by atoms with Crippen molar-refractivity contribution in [3.63, 3.8) is 0 Å². The van der Waals surface area contributed by atoms with E-state index in [0.717, 1.165) is 35.1 Å². The summed E-state index contributed by atoms with van der Waals surface area (Å²) in [5, 5.41) is 12.2. The number of thioether (sulfide) groups is 1. The number of carbonyl (C=O) groups excluding carboxylic acids is 1. The summed E-state index contributed by atoms with van der Waals surface area (Å²) < 4.78 is 7.11. The molecule has 1 aromatic heterocycles. The number of methoxy groups -OCH3 is 1. The third kappa shape index (κ3) is 4.15. The summed E-state index contributed by atoms with van der Waals surface area (Å²) in [6.07, 6.45) is 4.60. The zero-order valence-corrected chi connectivity index (χ0v) is 15.7. The lowest BCUT2D eigenvalue weighted by atomic mass is 10.2. The van der Waals surface area contributed by atoms with Crippen molar-refractivity contribution in [2.75, 3.05) is 7.11 Å². The fourth-order valence-electron chi connectivity index (χ4n) is 3.01. The standard InChI is InChI=1S/C18H24N4O2S/c1-12(17(23)19-14-6-4-5-7-14)25-18-21-20-16(22(18)2)13-8-10-15(24-3)11-9-13/h8-12,14H,4-7H2,1-3H3,(H,19,23)/t12-/m1/s1. The maximum Gasteiger partial charge on any atom is 0.233 e. The molecule has 1 aliphatic rings. The number of aromatic nitrogens is 3. The van der Waals surface area contributed by atoms with Crippen LogP contribution in [0.2, 0.25) is 0 Å². The highest BCUT2D eigenvalue weighted by Gasteiger charge is 2.23. The van der Waals surface area contributed by atoms with Crippen LogP contribution in [0.5, 0.6) is 5.75 Å². The van der Waals surface area contributed by atoms with Gasteiger partial charge in [-0.3, -0.25) is 4.79 Å². The molecule has 1 N–H and O–H groups in total. The van der Waals surface area contributed by atoms with E-state index < -0.39 is 0 Å². The molecule has 134 valence electrons. The van der Waals surface area contributed by atoms with Crippen LogP contribution in [0.15, 0.2) is 29.4 Å². The van der Waals surface area contributed by atoms with Crippen molar-refractivity contribution >= 4 is 17.7 Å². The lowest BCUT2D eigenvalue weighted by molar-refractivity contribution is -0.120. The molecule has 6 nitrogen and oxygen atoms in total. The first-order valence-electron chi connectivity index (χ1n) is 8.59. The van der Waals surface area contributed by atoms with Gasteiger partial charge in [0.25, 0.3) is 0 Å². The number of nitrogens with zero attached hydrogens (tertiary/aromatic N) is 3. The Morgan fingerprint density at radius 2 is 1.96 bits per heavy atom. The molecule has 1 atom stereocenters. The predicted octanol–water partition coefficient (Wildman–Crippen LogP) is 3.03. The van der Waals surface area contributed by atoms with Gasteiger partial charge < -0.3 is 14.6 Å². The summed E-state index contributed by atoms with van der Waals surface area (Å²) >= 11 is 1.44. The van der Waals surface area contributed by atoms with Crippen LogP contribution in [-0.2, 0) is 11.8 Å². The van der Waals surface area contributed by atoms with Gasteiger partial charge in [-0.05, 0) is 44.0 Å². The molecule has 0 saturated heterocycles. The van der Waals surface area contributed by atoms with Crippen molar-refractivity contribution in [2.24, 2.45) is 7.05 Å². The SMILES string of the molecule is COc1ccc(-c2nnc(S[C@H](C)C(=O)NC3CCCC3)n2C)cc1. The molecule has 1 amide bonds. The van der Waals surface area contributed by atoms with E-state index >= 15 is 0 Å². The van der Waals surface area contributed by atoms with Gasteiger partial charge in [-0.1, -0.05) is 24.6 Å². The molecular weight excluding hydrogens is 336 g/mol. The van der Waals surface area contributed by atoms with Crippen LogP contribution in [0.4, 0.5) is 0 Å². The van der Waals surface area contributed by atoms with E-state index in [-0.39, 0.29) is 11.2 Å². The number of benzene rings is 1. The number of hydrogen-bond donors (Lipinski definition) is 1. The molecule has 1 aromatic carbocycles. The third-order valence-electron chi connectivity index (χ3n) is 4.54. The number of carbonyl (C=O) groups is 1. The average Bonchev–Trinajstić information content (AvgIpc) is 3.25.